The molecule has 2 aromatic carbocycles. The van der Waals surface area contributed by atoms with Gasteiger partial charge in [0.05, 0.1) is 17.3 Å². The maximum atomic E-state index is 12.7. The van der Waals surface area contributed by atoms with E-state index in [-0.39, 0.29) is 24.2 Å². The molecule has 1 atom stereocenters. The Labute approximate surface area is 154 Å². The summed E-state index contributed by atoms with van der Waals surface area (Å²) < 4.78 is 0. The molecule has 1 saturated heterocycles. The van der Waals surface area contributed by atoms with Gasteiger partial charge in [0.2, 0.25) is 11.8 Å². The largest absolute Gasteiger partial charge is 0.376 e. The summed E-state index contributed by atoms with van der Waals surface area (Å²) in [5, 5.41) is 2.99. The van der Waals surface area contributed by atoms with Gasteiger partial charge in [0, 0.05) is 32.7 Å². The number of hydrogen-bond acceptors (Lipinski definition) is 3. The minimum atomic E-state index is -0.344. The molecule has 2 amide bonds. The fourth-order valence-corrected chi connectivity index (χ4v) is 3.25. The number of carbonyl (C=O) groups is 2. The van der Waals surface area contributed by atoms with Gasteiger partial charge in [0.1, 0.15) is 0 Å². The highest BCUT2D eigenvalue weighted by Crippen LogP contribution is 2.28. The summed E-state index contributed by atoms with van der Waals surface area (Å²) in [6, 6.07) is 15.6. The molecule has 0 aliphatic carbocycles. The van der Waals surface area contributed by atoms with Crippen LogP contribution in [-0.2, 0) is 16.0 Å². The average Bonchev–Trinajstić information content (AvgIpc) is 3.04. The number of benzene rings is 2. The van der Waals surface area contributed by atoms with Gasteiger partial charge in [-0.25, -0.2) is 0 Å². The number of anilines is 3. The second-order valence-corrected chi connectivity index (χ2v) is 6.83. The zero-order chi connectivity index (χ0) is 18.7. The predicted molar refractivity (Wildman–Crippen MR) is 106 cm³/mol. The van der Waals surface area contributed by atoms with Crippen molar-refractivity contribution >= 4 is 28.9 Å². The first-order valence-corrected chi connectivity index (χ1v) is 8.96. The van der Waals surface area contributed by atoms with Gasteiger partial charge in [-0.3, -0.25) is 9.59 Å². The number of nitrogens with zero attached hydrogens (tertiary/aromatic N) is 2. The van der Waals surface area contributed by atoms with Crippen molar-refractivity contribution in [3.8, 4) is 0 Å². The number of carbonyl (C=O) groups excluding carboxylic acids is 2. The number of hydrogen-bond donors (Lipinski definition) is 1. The van der Waals surface area contributed by atoms with Crippen molar-refractivity contribution < 1.29 is 9.59 Å². The second-order valence-electron chi connectivity index (χ2n) is 6.83. The summed E-state index contributed by atoms with van der Waals surface area (Å²) in [6.45, 7) is 2.52. The normalized spacial score (nSPS) is 16.7. The Kier molecular flexibility index (Phi) is 5.26. The molecule has 0 radical (unpaired) electrons. The number of nitrogens with one attached hydrogen (secondary N) is 1. The van der Waals surface area contributed by atoms with Crippen molar-refractivity contribution in [2.75, 3.05) is 35.8 Å². The maximum Gasteiger partial charge on any atom is 0.229 e. The van der Waals surface area contributed by atoms with Crippen molar-refractivity contribution in [1.29, 1.82) is 0 Å². The second kappa shape index (κ2) is 7.60. The topological polar surface area (TPSA) is 52.7 Å². The molecular weight excluding hydrogens is 326 g/mol. The van der Waals surface area contributed by atoms with Crippen molar-refractivity contribution in [3.63, 3.8) is 0 Å². The fraction of sp³-hybridized carbons (Fsp3) is 0.333. The van der Waals surface area contributed by atoms with Crippen molar-refractivity contribution in [2.24, 2.45) is 5.92 Å². The monoisotopic (exact) mass is 351 g/mol. The molecule has 1 unspecified atom stereocenters. The summed E-state index contributed by atoms with van der Waals surface area (Å²) >= 11 is 0. The van der Waals surface area contributed by atoms with E-state index in [9.17, 15) is 9.59 Å². The first-order chi connectivity index (χ1) is 12.5. The zero-order valence-corrected chi connectivity index (χ0v) is 15.5. The van der Waals surface area contributed by atoms with Gasteiger partial charge >= 0.3 is 0 Å². The molecule has 136 valence electrons. The van der Waals surface area contributed by atoms with Crippen LogP contribution in [0.2, 0.25) is 0 Å². The van der Waals surface area contributed by atoms with Gasteiger partial charge in [-0.2, -0.15) is 0 Å². The highest BCUT2D eigenvalue weighted by atomic mass is 16.2. The number of rotatable bonds is 5. The molecule has 0 aromatic heterocycles. The highest BCUT2D eigenvalue weighted by molar-refractivity contribution is 6.04. The SMILES string of the molecule is CCc1ccc(N2CC(C(=O)Nc3ccccc3N(C)C)CC2=O)cc1. The molecule has 5 nitrogen and oxygen atoms in total. The molecule has 1 aliphatic heterocycles. The summed E-state index contributed by atoms with van der Waals surface area (Å²) in [7, 11) is 3.87. The third-order valence-electron chi connectivity index (χ3n) is 4.80. The van der Waals surface area contributed by atoms with Crippen molar-refractivity contribution in [1.82, 2.24) is 0 Å². The lowest BCUT2D eigenvalue weighted by Crippen LogP contribution is -2.28. The van der Waals surface area contributed by atoms with Crippen LogP contribution in [-0.4, -0.2) is 32.5 Å². The van der Waals surface area contributed by atoms with Gasteiger partial charge in [-0.1, -0.05) is 31.2 Å². The molecule has 26 heavy (non-hydrogen) atoms. The van der Waals surface area contributed by atoms with E-state index < -0.39 is 0 Å². The lowest BCUT2D eigenvalue weighted by molar-refractivity contribution is -0.122. The van der Waals surface area contributed by atoms with E-state index in [1.807, 2.05) is 67.5 Å². The van der Waals surface area contributed by atoms with Crippen LogP contribution in [0.5, 0.6) is 0 Å². The smallest absolute Gasteiger partial charge is 0.229 e. The predicted octanol–water partition coefficient (Wildman–Crippen LogP) is 3.31. The standard InChI is InChI=1S/C21H25N3O2/c1-4-15-9-11-17(12-10-15)24-14-16(13-20(24)25)21(26)22-18-7-5-6-8-19(18)23(2)3/h5-12,16H,4,13-14H2,1-3H3,(H,22,26). The van der Waals surface area contributed by atoms with Gasteiger partial charge in [0.25, 0.3) is 0 Å². The minimum Gasteiger partial charge on any atom is -0.376 e. The Balaban J connectivity index is 1.71. The highest BCUT2D eigenvalue weighted by Gasteiger charge is 2.35. The molecule has 0 spiro atoms. The van der Waals surface area contributed by atoms with Crippen molar-refractivity contribution in [2.45, 2.75) is 19.8 Å². The lowest BCUT2D eigenvalue weighted by atomic mass is 10.1. The molecule has 0 saturated carbocycles. The molecule has 3 rings (SSSR count). The Bertz CT molecular complexity index is 799. The Hall–Kier alpha value is -2.82. The molecule has 0 bridgehead atoms. The zero-order valence-electron chi connectivity index (χ0n) is 15.5. The molecule has 1 heterocycles. The maximum absolute atomic E-state index is 12.7. The van der Waals surface area contributed by atoms with E-state index in [0.29, 0.717) is 6.54 Å². The van der Waals surface area contributed by atoms with Crippen LogP contribution in [0.4, 0.5) is 17.1 Å². The van der Waals surface area contributed by atoms with Crippen LogP contribution in [0.15, 0.2) is 48.5 Å². The van der Waals surface area contributed by atoms with Gasteiger partial charge in [0.15, 0.2) is 0 Å². The fourth-order valence-electron chi connectivity index (χ4n) is 3.25. The number of aryl methyl sites for hydroxylation is 1. The molecule has 1 fully saturated rings. The summed E-state index contributed by atoms with van der Waals surface area (Å²) in [5.74, 6) is -0.459. The minimum absolute atomic E-state index is 0.00436. The van der Waals surface area contributed by atoms with E-state index in [0.717, 1.165) is 23.5 Å². The quantitative estimate of drug-likeness (QED) is 0.899. The first-order valence-electron chi connectivity index (χ1n) is 8.96. The van der Waals surface area contributed by atoms with Crippen LogP contribution in [0.3, 0.4) is 0 Å². The van der Waals surface area contributed by atoms with Gasteiger partial charge in [-0.15, -0.1) is 0 Å². The van der Waals surface area contributed by atoms with Crippen LogP contribution in [0.25, 0.3) is 0 Å². The molecule has 1 N–H and O–H groups in total. The van der Waals surface area contributed by atoms with Gasteiger partial charge < -0.3 is 15.1 Å². The van der Waals surface area contributed by atoms with Crippen LogP contribution in [0, 0.1) is 5.92 Å². The lowest BCUT2D eigenvalue weighted by Gasteiger charge is -2.19. The Morgan fingerprint density at radius 3 is 2.50 bits per heavy atom. The Morgan fingerprint density at radius 1 is 1.15 bits per heavy atom. The third kappa shape index (κ3) is 3.72. The third-order valence-corrected chi connectivity index (χ3v) is 4.80. The molecular formula is C21H25N3O2. The summed E-state index contributed by atoms with van der Waals surface area (Å²) in [4.78, 5) is 28.8. The summed E-state index contributed by atoms with van der Waals surface area (Å²) in [5.41, 5.74) is 3.80. The molecule has 2 aromatic rings. The first kappa shape index (κ1) is 18.0. The number of amides is 2. The average molecular weight is 351 g/mol. The summed E-state index contributed by atoms with van der Waals surface area (Å²) in [6.07, 6.45) is 1.20. The van der Waals surface area contributed by atoms with E-state index in [2.05, 4.69) is 12.2 Å². The number of para-hydroxylation sites is 2. The van der Waals surface area contributed by atoms with E-state index >= 15 is 0 Å². The van der Waals surface area contributed by atoms with Gasteiger partial charge in [-0.05, 0) is 36.2 Å². The van der Waals surface area contributed by atoms with E-state index in [1.165, 1.54) is 5.56 Å². The van der Waals surface area contributed by atoms with E-state index in [1.54, 1.807) is 4.90 Å². The van der Waals surface area contributed by atoms with Crippen LogP contribution >= 0.6 is 0 Å². The van der Waals surface area contributed by atoms with Crippen LogP contribution < -0.4 is 15.1 Å². The van der Waals surface area contributed by atoms with Crippen LogP contribution in [0.1, 0.15) is 18.9 Å². The molecule has 1 aliphatic rings. The Morgan fingerprint density at radius 2 is 1.85 bits per heavy atom. The van der Waals surface area contributed by atoms with E-state index in [4.69, 9.17) is 0 Å². The van der Waals surface area contributed by atoms with Crippen molar-refractivity contribution in [3.05, 3.63) is 54.1 Å². The molecule has 5 heteroatoms.